The maximum atomic E-state index is 12.4. The van der Waals surface area contributed by atoms with E-state index in [4.69, 9.17) is 0 Å². The quantitative estimate of drug-likeness (QED) is 0.154. The molecule has 0 bridgehead atoms. The van der Waals surface area contributed by atoms with Gasteiger partial charge in [-0.3, -0.25) is 0 Å². The predicted octanol–water partition coefficient (Wildman–Crippen LogP) is 6.79. The molecule has 0 aliphatic rings. The van der Waals surface area contributed by atoms with Crippen LogP contribution >= 0.6 is 45.7 Å². The van der Waals surface area contributed by atoms with Crippen LogP contribution in [-0.4, -0.2) is 10.5 Å². The Hall–Kier alpha value is -1.09. The Morgan fingerprint density at radius 2 is 1.13 bits per heavy atom. The van der Waals surface area contributed by atoms with E-state index in [9.17, 15) is 4.39 Å². The first-order chi connectivity index (χ1) is 15.0. The first kappa shape index (κ1) is 24.5. The van der Waals surface area contributed by atoms with E-state index in [2.05, 4.69) is 147 Å². The second-order valence-electron chi connectivity index (χ2n) is 6.85. The van der Waals surface area contributed by atoms with Crippen LogP contribution in [0.4, 0.5) is 4.39 Å². The number of imidazole rings is 1. The molecule has 1 aromatic heterocycles. The van der Waals surface area contributed by atoms with E-state index in [0.717, 1.165) is 25.2 Å². The number of benzene rings is 3. The normalized spacial score (nSPS) is 10.6. The van der Waals surface area contributed by atoms with Crippen molar-refractivity contribution in [2.24, 2.45) is 0 Å². The minimum absolute atomic E-state index is 0.179. The van der Waals surface area contributed by atoms with Crippen molar-refractivity contribution in [3.05, 3.63) is 124 Å². The second-order valence-corrected chi connectivity index (χ2v) is 12.0. The molecular weight excluding hydrogens is 798 g/mol. The third kappa shape index (κ3) is 8.40. The van der Waals surface area contributed by atoms with Gasteiger partial charge in [-0.1, -0.05) is 12.1 Å². The van der Waals surface area contributed by atoms with Crippen LogP contribution in [0.15, 0.2) is 97.3 Å². The Kier molecular flexibility index (Phi) is 10.2. The van der Waals surface area contributed by atoms with Gasteiger partial charge in [0.25, 0.3) is 0 Å². The number of aromatic nitrogens is 2. The third-order valence-electron chi connectivity index (χ3n) is 4.47. The summed E-state index contributed by atoms with van der Waals surface area (Å²) in [7, 11) is 0. The van der Waals surface area contributed by atoms with Crippen LogP contribution in [0.5, 0.6) is 0 Å². The third-order valence-corrected chi connectivity index (χ3v) is 6.46. The van der Waals surface area contributed by atoms with Crippen LogP contribution in [0.3, 0.4) is 0 Å². The van der Waals surface area contributed by atoms with Gasteiger partial charge < -0.3 is 0 Å². The van der Waals surface area contributed by atoms with Gasteiger partial charge in [-0.25, -0.2) is 4.39 Å². The Balaban J connectivity index is 0.000000210. The van der Waals surface area contributed by atoms with Crippen LogP contribution in [0, 0.1) is 9.62 Å². The Labute approximate surface area is 221 Å². The molecule has 0 amide bonds. The fourth-order valence-electron chi connectivity index (χ4n) is 2.95. The summed E-state index contributed by atoms with van der Waals surface area (Å²) < 4.78 is 20.2. The molecule has 0 radical (unpaired) electrons. The first-order valence-corrected chi connectivity index (χ1v) is 12.7. The Bertz CT molecular complexity index is 1050. The molecule has 164 valence electrons. The van der Waals surface area contributed by atoms with Crippen molar-refractivity contribution in [1.82, 2.24) is 10.5 Å². The molecule has 31 heavy (non-hydrogen) atoms. The molecule has 0 spiro atoms. The monoisotopic (exact) mass is 820 g/mol. The van der Waals surface area contributed by atoms with Crippen molar-refractivity contribution in [3.8, 4) is 0 Å². The number of nitrogens with zero attached hydrogens (tertiary/aromatic N) is 3. The average molecular weight is 820 g/mol. The molecule has 4 rings (SSSR count). The van der Waals surface area contributed by atoms with Gasteiger partial charge in [0.15, 0.2) is 0 Å². The molecule has 0 N–H and O–H groups in total. The van der Waals surface area contributed by atoms with Gasteiger partial charge in [0.05, 0.1) is 0 Å². The van der Waals surface area contributed by atoms with Crippen LogP contribution in [0.25, 0.3) is 0 Å². The zero-order valence-corrected chi connectivity index (χ0v) is 23.2. The van der Waals surface area contributed by atoms with Gasteiger partial charge in [-0.05, 0) is 17.7 Å². The van der Waals surface area contributed by atoms with Crippen LogP contribution in [0.1, 0.15) is 16.7 Å². The number of hydrogen-bond acceptors (Lipinski definition) is 1. The minimum atomic E-state index is -0.179. The summed E-state index contributed by atoms with van der Waals surface area (Å²) in [5.41, 5.74) is 3.77. The molecule has 3 aromatic carbocycles. The molecule has 1 heterocycles. The molecule has 0 aliphatic carbocycles. The molecule has 0 aliphatic heterocycles. The zero-order chi connectivity index (χ0) is 22.1. The predicted molar refractivity (Wildman–Crippen MR) is 137 cm³/mol. The second kappa shape index (κ2) is 12.8. The van der Waals surface area contributed by atoms with Crippen LogP contribution in [-0.2, 0) is 39.0 Å². The van der Waals surface area contributed by atoms with E-state index < -0.39 is 0 Å². The van der Waals surface area contributed by atoms with Gasteiger partial charge in [-0.2, -0.15) is 1.33 Å². The molecule has 0 unspecified atom stereocenters. The summed E-state index contributed by atoms with van der Waals surface area (Å²) in [6.07, 6.45) is 4.30. The van der Waals surface area contributed by atoms with Crippen molar-refractivity contribution in [3.63, 3.8) is 0 Å². The molecule has 0 saturated heterocycles. The molecule has 3 nitrogen and oxygen atoms in total. The van der Waals surface area contributed by atoms with Gasteiger partial charge in [-0.15, -0.1) is 0 Å². The summed E-state index contributed by atoms with van der Waals surface area (Å²) >= 11 is 6.76. The summed E-state index contributed by atoms with van der Waals surface area (Å²) in [5, 5.41) is 0. The molecule has 7 heteroatoms. The van der Waals surface area contributed by atoms with E-state index in [1.165, 1.54) is 27.1 Å². The first-order valence-electron chi connectivity index (χ1n) is 9.63. The Morgan fingerprint density at radius 3 is 1.55 bits per heavy atom. The fraction of sp³-hybridized carbons (Fsp3) is 0.125. The SMILES string of the molecule is Fc1ccc(CN(I)I)cc1.[Pt]=[c]1n(Cc2ccccc2)ccn1Cc1ccccc1. The molecule has 0 saturated carbocycles. The average Bonchev–Trinajstić information content (AvgIpc) is 3.11. The molecule has 0 fully saturated rings. The number of hydrogen-bond donors (Lipinski definition) is 0. The topological polar surface area (TPSA) is 13.1 Å². The zero-order valence-electron chi connectivity index (χ0n) is 16.7. The van der Waals surface area contributed by atoms with Crippen molar-refractivity contribution in [2.45, 2.75) is 19.6 Å². The van der Waals surface area contributed by atoms with Crippen molar-refractivity contribution < 1.29 is 23.7 Å². The van der Waals surface area contributed by atoms with E-state index in [0.29, 0.717) is 0 Å². The summed E-state index contributed by atoms with van der Waals surface area (Å²) in [5.74, 6) is -0.179. The van der Waals surface area contributed by atoms with Crippen molar-refractivity contribution >= 4 is 45.7 Å². The van der Waals surface area contributed by atoms with E-state index in [-0.39, 0.29) is 5.82 Å². The summed E-state index contributed by atoms with van der Waals surface area (Å²) in [4.78, 5) is 0. The van der Waals surface area contributed by atoms with E-state index in [1.54, 1.807) is 12.1 Å². The standard InChI is InChI=1S/C17H16N2.C7H6FI2N.Pt/c1-3-7-16(8-4-1)13-18-11-12-19(15-18)14-17-9-5-2-6-10-17;8-7-3-1-6(2-4-7)5-11(9)10;/h1-12H,13-14H2;1-4H,5H2;. The number of halogens is 3. The number of rotatable bonds is 6. The van der Waals surface area contributed by atoms with Gasteiger partial charge in [0.2, 0.25) is 0 Å². The Morgan fingerprint density at radius 1 is 0.677 bits per heavy atom. The van der Waals surface area contributed by atoms with Gasteiger partial charge in [0, 0.05) is 52.3 Å². The fourth-order valence-corrected chi connectivity index (χ4v) is 4.44. The maximum absolute atomic E-state index is 12.4. The summed E-state index contributed by atoms with van der Waals surface area (Å²) in [6.45, 7) is 2.67. The molecular formula is C24H22FI2N3Pt. The van der Waals surface area contributed by atoms with Crippen molar-refractivity contribution in [2.75, 3.05) is 0 Å². The van der Waals surface area contributed by atoms with Crippen LogP contribution in [0.2, 0.25) is 0 Å². The molecule has 4 aromatic rings. The van der Waals surface area contributed by atoms with Gasteiger partial charge >= 0.3 is 130 Å². The summed E-state index contributed by atoms with van der Waals surface area (Å²) in [6, 6.07) is 27.7. The van der Waals surface area contributed by atoms with Crippen LogP contribution < -0.4 is 0 Å². The van der Waals surface area contributed by atoms with Crippen molar-refractivity contribution in [1.29, 1.82) is 0 Å². The van der Waals surface area contributed by atoms with E-state index in [1.807, 2.05) is 1.33 Å². The molecule has 0 atom stereocenters. The van der Waals surface area contributed by atoms with Gasteiger partial charge in [0.1, 0.15) is 5.82 Å². The van der Waals surface area contributed by atoms with E-state index >= 15 is 0 Å².